The van der Waals surface area contributed by atoms with Gasteiger partial charge in [-0.3, -0.25) is 4.90 Å². The van der Waals surface area contributed by atoms with Crippen LogP contribution in [0.25, 0.3) is 0 Å². The van der Waals surface area contributed by atoms with Gasteiger partial charge in [0.25, 0.3) is 0 Å². The molecule has 21 heavy (non-hydrogen) atoms. The highest BCUT2D eigenvalue weighted by Gasteiger charge is 2.26. The second kappa shape index (κ2) is 9.77. The van der Waals surface area contributed by atoms with Gasteiger partial charge in [-0.1, -0.05) is 32.0 Å². The zero-order valence-corrected chi connectivity index (χ0v) is 13.8. The Bertz CT molecular complexity index is 394. The van der Waals surface area contributed by atoms with Gasteiger partial charge in [-0.2, -0.15) is 0 Å². The molecule has 4 nitrogen and oxygen atoms in total. The van der Waals surface area contributed by atoms with E-state index in [-0.39, 0.29) is 6.04 Å². The summed E-state index contributed by atoms with van der Waals surface area (Å²) in [5, 5.41) is 0. The molecule has 0 radical (unpaired) electrons. The van der Waals surface area contributed by atoms with Crippen LogP contribution < -0.4 is 10.5 Å². The van der Waals surface area contributed by atoms with Crippen molar-refractivity contribution in [2.75, 3.05) is 33.9 Å². The number of rotatable bonds is 10. The third-order valence-electron chi connectivity index (χ3n) is 4.09. The average molecular weight is 294 g/mol. The third-order valence-corrected chi connectivity index (χ3v) is 4.09. The molecule has 0 aromatic heterocycles. The molecule has 4 heteroatoms. The number of benzene rings is 1. The molecule has 0 heterocycles. The van der Waals surface area contributed by atoms with Gasteiger partial charge in [0.2, 0.25) is 0 Å². The van der Waals surface area contributed by atoms with Crippen molar-refractivity contribution in [3.8, 4) is 5.75 Å². The van der Waals surface area contributed by atoms with Crippen LogP contribution in [-0.2, 0) is 4.74 Å². The Morgan fingerprint density at radius 1 is 1.14 bits per heavy atom. The van der Waals surface area contributed by atoms with E-state index in [4.69, 9.17) is 15.2 Å². The Labute approximate surface area is 129 Å². The second-order valence-electron chi connectivity index (χ2n) is 5.19. The maximum absolute atomic E-state index is 6.11. The Kier molecular flexibility index (Phi) is 8.35. The van der Waals surface area contributed by atoms with E-state index in [0.29, 0.717) is 19.2 Å². The molecule has 2 N–H and O–H groups in total. The van der Waals surface area contributed by atoms with Crippen LogP contribution in [0.1, 0.15) is 38.3 Å². The Balaban J connectivity index is 3.10. The molecule has 1 rings (SSSR count). The lowest BCUT2D eigenvalue weighted by Crippen LogP contribution is -2.43. The lowest BCUT2D eigenvalue weighted by Gasteiger charge is -2.37. The van der Waals surface area contributed by atoms with Gasteiger partial charge in [-0.05, 0) is 18.9 Å². The molecule has 0 aliphatic heterocycles. The van der Waals surface area contributed by atoms with E-state index >= 15 is 0 Å². The molecule has 1 aromatic carbocycles. The van der Waals surface area contributed by atoms with E-state index < -0.39 is 0 Å². The number of nitrogens with two attached hydrogens (primary N) is 1. The van der Waals surface area contributed by atoms with Crippen molar-refractivity contribution in [1.29, 1.82) is 0 Å². The lowest BCUT2D eigenvalue weighted by molar-refractivity contribution is 0.0807. The van der Waals surface area contributed by atoms with E-state index in [1.54, 1.807) is 14.2 Å². The summed E-state index contributed by atoms with van der Waals surface area (Å²) in [5.74, 6) is 0.904. The summed E-state index contributed by atoms with van der Waals surface area (Å²) in [6.07, 6.45) is 2.21. The molecule has 0 aliphatic carbocycles. The van der Waals surface area contributed by atoms with Crippen molar-refractivity contribution < 1.29 is 9.47 Å². The van der Waals surface area contributed by atoms with Crippen LogP contribution in [0.4, 0.5) is 0 Å². The molecule has 0 spiro atoms. The summed E-state index contributed by atoms with van der Waals surface area (Å²) >= 11 is 0. The SMILES string of the molecule is CCC(CC)N(CCOC)C(CN)c1ccccc1OC. The van der Waals surface area contributed by atoms with Crippen LogP contribution in [0.3, 0.4) is 0 Å². The molecule has 0 saturated carbocycles. The van der Waals surface area contributed by atoms with Gasteiger partial charge in [-0.25, -0.2) is 0 Å². The molecule has 1 unspecified atom stereocenters. The number of ether oxygens (including phenoxy) is 2. The third kappa shape index (κ3) is 4.70. The first-order chi connectivity index (χ1) is 10.2. The number of hydrogen-bond acceptors (Lipinski definition) is 4. The van der Waals surface area contributed by atoms with Crippen LogP contribution in [0.2, 0.25) is 0 Å². The molecule has 1 atom stereocenters. The zero-order chi connectivity index (χ0) is 15.7. The number of para-hydroxylation sites is 1. The first-order valence-electron chi connectivity index (χ1n) is 7.81. The average Bonchev–Trinajstić information content (AvgIpc) is 2.54. The highest BCUT2D eigenvalue weighted by molar-refractivity contribution is 5.36. The summed E-state index contributed by atoms with van der Waals surface area (Å²) < 4.78 is 10.8. The van der Waals surface area contributed by atoms with Crippen molar-refractivity contribution in [2.24, 2.45) is 5.73 Å². The lowest BCUT2D eigenvalue weighted by atomic mass is 10.00. The van der Waals surface area contributed by atoms with Crippen LogP contribution >= 0.6 is 0 Å². The molecule has 0 amide bonds. The van der Waals surface area contributed by atoms with Crippen LogP contribution in [0, 0.1) is 0 Å². The van der Waals surface area contributed by atoms with Crippen molar-refractivity contribution in [1.82, 2.24) is 4.90 Å². The van der Waals surface area contributed by atoms with Gasteiger partial charge in [0, 0.05) is 31.8 Å². The van der Waals surface area contributed by atoms with E-state index in [1.165, 1.54) is 0 Å². The number of methoxy groups -OCH3 is 2. The fourth-order valence-corrected chi connectivity index (χ4v) is 2.93. The maximum Gasteiger partial charge on any atom is 0.123 e. The largest absolute Gasteiger partial charge is 0.496 e. The van der Waals surface area contributed by atoms with Gasteiger partial charge in [0.1, 0.15) is 5.75 Å². The van der Waals surface area contributed by atoms with Gasteiger partial charge in [-0.15, -0.1) is 0 Å². The van der Waals surface area contributed by atoms with E-state index in [2.05, 4.69) is 24.8 Å². The maximum atomic E-state index is 6.11. The quantitative estimate of drug-likeness (QED) is 0.721. The van der Waals surface area contributed by atoms with E-state index in [1.807, 2.05) is 18.2 Å². The van der Waals surface area contributed by atoms with Crippen LogP contribution in [0.15, 0.2) is 24.3 Å². The standard InChI is InChI=1S/C17H30N2O2/c1-5-14(6-2)19(11-12-20-3)16(13-18)15-9-7-8-10-17(15)21-4/h7-10,14,16H,5-6,11-13,18H2,1-4H3. The minimum Gasteiger partial charge on any atom is -0.496 e. The Morgan fingerprint density at radius 3 is 2.33 bits per heavy atom. The Morgan fingerprint density at radius 2 is 1.81 bits per heavy atom. The highest BCUT2D eigenvalue weighted by atomic mass is 16.5. The fraction of sp³-hybridized carbons (Fsp3) is 0.647. The molecule has 0 bridgehead atoms. The highest BCUT2D eigenvalue weighted by Crippen LogP contribution is 2.31. The number of nitrogens with zero attached hydrogens (tertiary/aromatic N) is 1. The predicted molar refractivity (Wildman–Crippen MR) is 87.7 cm³/mol. The topological polar surface area (TPSA) is 47.7 Å². The first-order valence-corrected chi connectivity index (χ1v) is 7.81. The summed E-state index contributed by atoms with van der Waals surface area (Å²) in [4.78, 5) is 2.46. The summed E-state index contributed by atoms with van der Waals surface area (Å²) in [6, 6.07) is 8.80. The minimum atomic E-state index is 0.154. The fourth-order valence-electron chi connectivity index (χ4n) is 2.93. The second-order valence-corrected chi connectivity index (χ2v) is 5.19. The monoisotopic (exact) mass is 294 g/mol. The molecule has 0 fully saturated rings. The van der Waals surface area contributed by atoms with Crippen molar-refractivity contribution >= 4 is 0 Å². The van der Waals surface area contributed by atoms with Crippen molar-refractivity contribution in [2.45, 2.75) is 38.8 Å². The molecular formula is C17H30N2O2. The van der Waals surface area contributed by atoms with Crippen molar-refractivity contribution in [3.63, 3.8) is 0 Å². The minimum absolute atomic E-state index is 0.154. The normalized spacial score (nSPS) is 12.9. The van der Waals surface area contributed by atoms with E-state index in [0.717, 1.165) is 30.7 Å². The first kappa shape index (κ1) is 18.0. The molecule has 120 valence electrons. The zero-order valence-electron chi connectivity index (χ0n) is 13.8. The summed E-state index contributed by atoms with van der Waals surface area (Å²) in [6.45, 7) is 6.61. The number of hydrogen-bond donors (Lipinski definition) is 1. The van der Waals surface area contributed by atoms with Gasteiger partial charge >= 0.3 is 0 Å². The summed E-state index contributed by atoms with van der Waals surface area (Å²) in [7, 11) is 3.45. The summed E-state index contributed by atoms with van der Waals surface area (Å²) in [5.41, 5.74) is 7.27. The van der Waals surface area contributed by atoms with Crippen LogP contribution in [0.5, 0.6) is 5.75 Å². The van der Waals surface area contributed by atoms with Crippen molar-refractivity contribution in [3.05, 3.63) is 29.8 Å². The molecular weight excluding hydrogens is 264 g/mol. The molecule has 0 saturated heterocycles. The molecule has 0 aliphatic rings. The Hall–Kier alpha value is -1.10. The van der Waals surface area contributed by atoms with Gasteiger partial charge in [0.05, 0.1) is 19.8 Å². The predicted octanol–water partition coefficient (Wildman–Crippen LogP) is 2.83. The van der Waals surface area contributed by atoms with Gasteiger partial charge in [0.15, 0.2) is 0 Å². The smallest absolute Gasteiger partial charge is 0.123 e. The van der Waals surface area contributed by atoms with Crippen LogP contribution in [-0.4, -0.2) is 44.9 Å². The van der Waals surface area contributed by atoms with Gasteiger partial charge < -0.3 is 15.2 Å². The van der Waals surface area contributed by atoms with E-state index in [9.17, 15) is 0 Å². The molecule has 1 aromatic rings.